The molecule has 34 heavy (non-hydrogen) atoms. The number of piperazine rings is 1. The molecule has 3 aromatic rings. The normalized spacial score (nSPS) is 19.4. The smallest absolute Gasteiger partial charge is 0.225 e. The summed E-state index contributed by atoms with van der Waals surface area (Å²) in [5.74, 6) is 2.68. The SMILES string of the molecule is O=C(C1CCCC1)N1CCN(c2nc(Cc3ccccc3)nc3sc4c(c23)CCCCC4)CC1. The standard InChI is InChI=1S/C28H34N4OS/c33-28(21-11-7-8-12-21)32-17-15-31(16-18-32)26-25-22-13-5-2-6-14-23(22)34-27(25)30-24(29-26)19-20-9-3-1-4-10-20/h1,3-4,9-10,21H,2,5-8,11-19H2. The van der Waals surface area contributed by atoms with Crippen LogP contribution in [0.5, 0.6) is 0 Å². The monoisotopic (exact) mass is 474 g/mol. The lowest BCUT2D eigenvalue weighted by atomic mass is 10.1. The highest BCUT2D eigenvalue weighted by Crippen LogP contribution is 2.40. The summed E-state index contributed by atoms with van der Waals surface area (Å²) < 4.78 is 0. The topological polar surface area (TPSA) is 49.3 Å². The van der Waals surface area contributed by atoms with E-state index in [1.54, 1.807) is 0 Å². The van der Waals surface area contributed by atoms with Crippen LogP contribution in [0.15, 0.2) is 30.3 Å². The van der Waals surface area contributed by atoms with Gasteiger partial charge in [-0.3, -0.25) is 4.79 Å². The van der Waals surface area contributed by atoms with Gasteiger partial charge in [-0.15, -0.1) is 11.3 Å². The quantitative estimate of drug-likeness (QED) is 0.476. The van der Waals surface area contributed by atoms with E-state index in [1.165, 1.54) is 59.9 Å². The average molecular weight is 475 g/mol. The third kappa shape index (κ3) is 4.33. The van der Waals surface area contributed by atoms with Gasteiger partial charge in [0.05, 0.1) is 5.39 Å². The van der Waals surface area contributed by atoms with Crippen LogP contribution in [-0.2, 0) is 24.1 Å². The fraction of sp³-hybridized carbons (Fsp3) is 0.536. The first-order valence-electron chi connectivity index (χ1n) is 13.1. The van der Waals surface area contributed by atoms with Crippen LogP contribution < -0.4 is 4.90 Å². The maximum atomic E-state index is 13.0. The van der Waals surface area contributed by atoms with E-state index >= 15 is 0 Å². The number of carbonyl (C=O) groups excluding carboxylic acids is 1. The lowest BCUT2D eigenvalue weighted by molar-refractivity contribution is -0.135. The van der Waals surface area contributed by atoms with Crippen LogP contribution >= 0.6 is 11.3 Å². The summed E-state index contributed by atoms with van der Waals surface area (Å²) in [4.78, 5) is 30.5. The summed E-state index contributed by atoms with van der Waals surface area (Å²) in [6, 6.07) is 10.5. The molecule has 2 fully saturated rings. The van der Waals surface area contributed by atoms with Crippen molar-refractivity contribution in [1.82, 2.24) is 14.9 Å². The van der Waals surface area contributed by atoms with E-state index in [1.807, 2.05) is 11.3 Å². The van der Waals surface area contributed by atoms with Crippen molar-refractivity contribution in [3.8, 4) is 0 Å². The van der Waals surface area contributed by atoms with E-state index in [-0.39, 0.29) is 5.92 Å². The largest absolute Gasteiger partial charge is 0.352 e. The summed E-state index contributed by atoms with van der Waals surface area (Å²) in [6.07, 6.45) is 11.5. The highest BCUT2D eigenvalue weighted by molar-refractivity contribution is 7.19. The molecule has 3 aliphatic rings. The fourth-order valence-electron chi connectivity index (χ4n) is 6.01. The third-order valence-electron chi connectivity index (χ3n) is 7.89. The Morgan fingerprint density at radius 1 is 0.912 bits per heavy atom. The molecular formula is C28H34N4OS. The second-order valence-corrected chi connectivity index (χ2v) is 11.2. The molecule has 2 aromatic heterocycles. The van der Waals surface area contributed by atoms with Crippen molar-refractivity contribution in [2.24, 2.45) is 5.92 Å². The predicted octanol–water partition coefficient (Wildman–Crippen LogP) is 5.39. The molecule has 0 atom stereocenters. The molecule has 3 heterocycles. The van der Waals surface area contributed by atoms with Crippen molar-refractivity contribution in [3.05, 3.63) is 52.2 Å². The minimum absolute atomic E-state index is 0.266. The Kier molecular flexibility index (Phi) is 6.25. The second kappa shape index (κ2) is 9.65. The fourth-order valence-corrected chi connectivity index (χ4v) is 7.29. The van der Waals surface area contributed by atoms with Gasteiger partial charge in [0.25, 0.3) is 0 Å². The molecule has 0 spiro atoms. The van der Waals surface area contributed by atoms with Crippen molar-refractivity contribution in [1.29, 1.82) is 0 Å². The number of hydrogen-bond acceptors (Lipinski definition) is 5. The molecular weight excluding hydrogens is 440 g/mol. The minimum Gasteiger partial charge on any atom is -0.352 e. The summed E-state index contributed by atoms with van der Waals surface area (Å²) in [5, 5.41) is 1.30. The third-order valence-corrected chi connectivity index (χ3v) is 9.08. The number of rotatable bonds is 4. The van der Waals surface area contributed by atoms with Crippen LogP contribution in [-0.4, -0.2) is 47.0 Å². The van der Waals surface area contributed by atoms with Crippen molar-refractivity contribution in [2.45, 2.75) is 64.2 Å². The number of thiophene rings is 1. The van der Waals surface area contributed by atoms with Crippen molar-refractivity contribution < 1.29 is 4.79 Å². The lowest BCUT2D eigenvalue weighted by Gasteiger charge is -2.37. The number of anilines is 1. The van der Waals surface area contributed by atoms with Crippen LogP contribution in [0.3, 0.4) is 0 Å². The van der Waals surface area contributed by atoms with Gasteiger partial charge in [-0.25, -0.2) is 9.97 Å². The Bertz CT molecular complexity index is 1160. The van der Waals surface area contributed by atoms with Gasteiger partial charge in [0.1, 0.15) is 16.5 Å². The molecule has 1 saturated heterocycles. The zero-order valence-corrected chi connectivity index (χ0v) is 20.8. The summed E-state index contributed by atoms with van der Waals surface area (Å²) in [5.41, 5.74) is 2.75. The second-order valence-electron chi connectivity index (χ2n) is 10.2. The lowest BCUT2D eigenvalue weighted by Crippen LogP contribution is -2.50. The van der Waals surface area contributed by atoms with Gasteiger partial charge in [-0.1, -0.05) is 49.6 Å². The molecule has 1 saturated carbocycles. The molecule has 0 bridgehead atoms. The average Bonchev–Trinajstić information content (AvgIpc) is 3.47. The number of fused-ring (bicyclic) bond motifs is 3. The van der Waals surface area contributed by atoms with Crippen LogP contribution in [0.4, 0.5) is 5.82 Å². The molecule has 5 nitrogen and oxygen atoms in total. The number of carbonyl (C=O) groups is 1. The predicted molar refractivity (Wildman–Crippen MR) is 139 cm³/mol. The first-order chi connectivity index (χ1) is 16.8. The van der Waals surface area contributed by atoms with Crippen molar-refractivity contribution in [2.75, 3.05) is 31.1 Å². The van der Waals surface area contributed by atoms with E-state index in [0.29, 0.717) is 5.91 Å². The summed E-state index contributed by atoms with van der Waals surface area (Å²) >= 11 is 1.90. The first-order valence-corrected chi connectivity index (χ1v) is 14.0. The van der Waals surface area contributed by atoms with E-state index in [4.69, 9.17) is 9.97 Å². The Labute approximate surface area is 206 Å². The zero-order chi connectivity index (χ0) is 22.9. The Hall–Kier alpha value is -2.47. The minimum atomic E-state index is 0.266. The Morgan fingerprint density at radius 2 is 1.68 bits per heavy atom. The maximum absolute atomic E-state index is 13.0. The van der Waals surface area contributed by atoms with Gasteiger partial charge in [0.2, 0.25) is 5.91 Å². The number of benzene rings is 1. The highest BCUT2D eigenvalue weighted by atomic mass is 32.1. The Morgan fingerprint density at radius 3 is 2.47 bits per heavy atom. The van der Waals surface area contributed by atoms with Gasteiger partial charge in [0, 0.05) is 43.4 Å². The van der Waals surface area contributed by atoms with E-state index in [9.17, 15) is 4.79 Å². The molecule has 0 radical (unpaired) electrons. The number of aryl methyl sites for hydroxylation is 2. The number of aromatic nitrogens is 2. The molecule has 178 valence electrons. The van der Waals surface area contributed by atoms with E-state index in [2.05, 4.69) is 40.1 Å². The molecule has 1 amide bonds. The van der Waals surface area contributed by atoms with Gasteiger partial charge in [0.15, 0.2) is 0 Å². The number of nitrogens with zero attached hydrogens (tertiary/aromatic N) is 4. The molecule has 6 heteroatoms. The van der Waals surface area contributed by atoms with Crippen LogP contribution in [0.1, 0.15) is 66.8 Å². The molecule has 1 aromatic carbocycles. The van der Waals surface area contributed by atoms with Gasteiger partial charge in [-0.05, 0) is 49.7 Å². The highest BCUT2D eigenvalue weighted by Gasteiger charge is 2.31. The number of amides is 1. The molecule has 1 aliphatic heterocycles. The van der Waals surface area contributed by atoms with E-state index in [0.717, 1.165) is 68.3 Å². The zero-order valence-electron chi connectivity index (χ0n) is 20.0. The number of hydrogen-bond donors (Lipinski definition) is 0. The molecule has 0 N–H and O–H groups in total. The maximum Gasteiger partial charge on any atom is 0.225 e. The Balaban J connectivity index is 1.32. The van der Waals surface area contributed by atoms with Crippen LogP contribution in [0.25, 0.3) is 10.2 Å². The van der Waals surface area contributed by atoms with Gasteiger partial charge >= 0.3 is 0 Å². The van der Waals surface area contributed by atoms with Crippen molar-refractivity contribution in [3.63, 3.8) is 0 Å². The van der Waals surface area contributed by atoms with Gasteiger partial charge < -0.3 is 9.80 Å². The van der Waals surface area contributed by atoms with Crippen molar-refractivity contribution >= 4 is 33.3 Å². The summed E-state index contributed by atoms with van der Waals surface area (Å²) in [7, 11) is 0. The molecule has 6 rings (SSSR count). The summed E-state index contributed by atoms with van der Waals surface area (Å²) in [6.45, 7) is 3.34. The van der Waals surface area contributed by atoms with Gasteiger partial charge in [-0.2, -0.15) is 0 Å². The molecule has 2 aliphatic carbocycles. The first kappa shape index (κ1) is 22.0. The van der Waals surface area contributed by atoms with Crippen LogP contribution in [0.2, 0.25) is 0 Å². The van der Waals surface area contributed by atoms with Crippen LogP contribution in [0, 0.1) is 5.92 Å². The van der Waals surface area contributed by atoms with E-state index < -0.39 is 0 Å². The molecule has 0 unspecified atom stereocenters.